The average Bonchev–Trinajstić information content (AvgIpc) is 2.95. The first kappa shape index (κ1) is 13.6. The number of fused-ring (bicyclic) bond motifs is 1. The minimum Gasteiger partial charge on any atom is -0.493 e. The normalized spacial score (nSPS) is 14.2. The molecule has 0 saturated heterocycles. The van der Waals surface area contributed by atoms with E-state index in [1.54, 1.807) is 0 Å². The zero-order valence-electron chi connectivity index (χ0n) is 11.9. The number of hydrogen-bond donors (Lipinski definition) is 2. The number of ether oxygens (including phenoxy) is 1. The molecule has 1 heterocycles. The van der Waals surface area contributed by atoms with Crippen LogP contribution in [-0.2, 0) is 11.2 Å². The number of anilines is 1. The van der Waals surface area contributed by atoms with Gasteiger partial charge in [0.15, 0.2) is 0 Å². The smallest absolute Gasteiger partial charge is 0.245 e. The van der Waals surface area contributed by atoms with E-state index in [9.17, 15) is 4.79 Å². The summed E-state index contributed by atoms with van der Waals surface area (Å²) in [6.07, 6.45) is 0.878. The molecule has 0 radical (unpaired) electrons. The fourth-order valence-electron chi connectivity index (χ4n) is 2.41. The van der Waals surface area contributed by atoms with Crippen LogP contribution in [0, 0.1) is 6.92 Å². The van der Waals surface area contributed by atoms with E-state index in [0.717, 1.165) is 34.5 Å². The molecule has 0 aliphatic carbocycles. The van der Waals surface area contributed by atoms with Crippen molar-refractivity contribution in [2.45, 2.75) is 19.4 Å². The lowest BCUT2D eigenvalue weighted by molar-refractivity contribution is -0.117. The van der Waals surface area contributed by atoms with Crippen molar-refractivity contribution in [1.29, 1.82) is 0 Å². The van der Waals surface area contributed by atoms with Gasteiger partial charge in [0, 0.05) is 12.1 Å². The van der Waals surface area contributed by atoms with Gasteiger partial charge in [0.2, 0.25) is 5.91 Å². The maximum absolute atomic E-state index is 12.2. The van der Waals surface area contributed by atoms with Crippen LogP contribution < -0.4 is 15.8 Å². The molecular weight excluding hydrogens is 264 g/mol. The molecule has 0 fully saturated rings. The van der Waals surface area contributed by atoms with Crippen molar-refractivity contribution in [3.05, 3.63) is 59.2 Å². The molecule has 2 aromatic rings. The van der Waals surface area contributed by atoms with Gasteiger partial charge in [-0.15, -0.1) is 0 Å². The summed E-state index contributed by atoms with van der Waals surface area (Å²) in [5.41, 5.74) is 9.84. The highest BCUT2D eigenvalue weighted by Crippen LogP contribution is 2.28. The van der Waals surface area contributed by atoms with Crippen LogP contribution in [0.3, 0.4) is 0 Å². The van der Waals surface area contributed by atoms with Crippen molar-refractivity contribution in [2.24, 2.45) is 5.73 Å². The molecule has 0 bridgehead atoms. The number of hydrogen-bond acceptors (Lipinski definition) is 3. The number of rotatable bonds is 3. The van der Waals surface area contributed by atoms with Gasteiger partial charge in [-0.25, -0.2) is 0 Å². The van der Waals surface area contributed by atoms with Crippen LogP contribution in [0.15, 0.2) is 42.5 Å². The SMILES string of the molecule is Cc1ccc(C(N)C(=O)Nc2ccc3c(c2)CCO3)cc1. The number of carbonyl (C=O) groups is 1. The van der Waals surface area contributed by atoms with Gasteiger partial charge in [-0.2, -0.15) is 0 Å². The van der Waals surface area contributed by atoms with Gasteiger partial charge in [-0.05, 0) is 36.2 Å². The Morgan fingerprint density at radius 2 is 2.00 bits per heavy atom. The first-order valence-corrected chi connectivity index (χ1v) is 7.02. The van der Waals surface area contributed by atoms with Gasteiger partial charge in [-0.1, -0.05) is 29.8 Å². The predicted molar refractivity (Wildman–Crippen MR) is 82.4 cm³/mol. The summed E-state index contributed by atoms with van der Waals surface area (Å²) < 4.78 is 5.45. The number of nitrogens with two attached hydrogens (primary N) is 1. The molecule has 1 aliphatic rings. The third-order valence-electron chi connectivity index (χ3n) is 3.68. The van der Waals surface area contributed by atoms with Crippen molar-refractivity contribution in [2.75, 3.05) is 11.9 Å². The minimum atomic E-state index is -0.671. The van der Waals surface area contributed by atoms with Gasteiger partial charge in [-0.3, -0.25) is 4.79 Å². The van der Waals surface area contributed by atoms with E-state index in [1.165, 1.54) is 0 Å². The molecule has 3 N–H and O–H groups in total. The summed E-state index contributed by atoms with van der Waals surface area (Å²) in [7, 11) is 0. The molecule has 1 aliphatic heterocycles. The van der Waals surface area contributed by atoms with Crippen LogP contribution in [0.25, 0.3) is 0 Å². The molecule has 0 aromatic heterocycles. The van der Waals surface area contributed by atoms with Crippen LogP contribution in [0.4, 0.5) is 5.69 Å². The second-order valence-electron chi connectivity index (χ2n) is 5.30. The Kier molecular flexibility index (Phi) is 3.62. The molecule has 4 heteroatoms. The molecule has 108 valence electrons. The average molecular weight is 282 g/mol. The topological polar surface area (TPSA) is 64.4 Å². The summed E-state index contributed by atoms with van der Waals surface area (Å²) in [5.74, 6) is 0.688. The molecule has 2 aromatic carbocycles. The van der Waals surface area contributed by atoms with E-state index in [2.05, 4.69) is 5.32 Å². The molecule has 0 spiro atoms. The second-order valence-corrected chi connectivity index (χ2v) is 5.30. The molecule has 4 nitrogen and oxygen atoms in total. The largest absolute Gasteiger partial charge is 0.493 e. The van der Waals surface area contributed by atoms with E-state index in [4.69, 9.17) is 10.5 Å². The Morgan fingerprint density at radius 1 is 1.24 bits per heavy atom. The Labute approximate surface area is 123 Å². The maximum atomic E-state index is 12.2. The Bertz CT molecular complexity index is 665. The highest BCUT2D eigenvalue weighted by atomic mass is 16.5. The first-order chi connectivity index (χ1) is 10.1. The first-order valence-electron chi connectivity index (χ1n) is 7.02. The van der Waals surface area contributed by atoms with Crippen LogP contribution in [0.2, 0.25) is 0 Å². The highest BCUT2D eigenvalue weighted by molar-refractivity contribution is 5.95. The van der Waals surface area contributed by atoms with Crippen LogP contribution in [-0.4, -0.2) is 12.5 Å². The van der Waals surface area contributed by atoms with Crippen molar-refractivity contribution >= 4 is 11.6 Å². The van der Waals surface area contributed by atoms with Crippen LogP contribution in [0.5, 0.6) is 5.75 Å². The Balaban J connectivity index is 1.72. The van der Waals surface area contributed by atoms with Crippen molar-refractivity contribution in [1.82, 2.24) is 0 Å². The molecule has 1 amide bonds. The third-order valence-corrected chi connectivity index (χ3v) is 3.68. The summed E-state index contributed by atoms with van der Waals surface area (Å²) in [5, 5.41) is 2.87. The number of nitrogens with one attached hydrogen (secondary N) is 1. The minimum absolute atomic E-state index is 0.210. The Hall–Kier alpha value is -2.33. The van der Waals surface area contributed by atoms with Crippen molar-refractivity contribution in [3.8, 4) is 5.75 Å². The number of aryl methyl sites for hydroxylation is 1. The van der Waals surface area contributed by atoms with E-state index in [-0.39, 0.29) is 5.91 Å². The van der Waals surface area contributed by atoms with E-state index in [0.29, 0.717) is 6.61 Å². The summed E-state index contributed by atoms with van der Waals surface area (Å²) in [6.45, 7) is 2.71. The summed E-state index contributed by atoms with van der Waals surface area (Å²) in [4.78, 5) is 12.2. The lowest BCUT2D eigenvalue weighted by Crippen LogP contribution is -2.27. The van der Waals surface area contributed by atoms with E-state index >= 15 is 0 Å². The van der Waals surface area contributed by atoms with Gasteiger partial charge in [0.1, 0.15) is 11.8 Å². The molecular formula is C17H18N2O2. The highest BCUT2D eigenvalue weighted by Gasteiger charge is 2.17. The van der Waals surface area contributed by atoms with Crippen LogP contribution in [0.1, 0.15) is 22.7 Å². The van der Waals surface area contributed by atoms with E-state index in [1.807, 2.05) is 49.4 Å². The third kappa shape index (κ3) is 2.90. The Morgan fingerprint density at radius 3 is 2.76 bits per heavy atom. The van der Waals surface area contributed by atoms with Gasteiger partial charge >= 0.3 is 0 Å². The molecule has 1 atom stereocenters. The zero-order chi connectivity index (χ0) is 14.8. The second kappa shape index (κ2) is 5.58. The molecule has 3 rings (SSSR count). The standard InChI is InChI=1S/C17H18N2O2/c1-11-2-4-12(5-3-11)16(18)17(20)19-14-6-7-15-13(10-14)8-9-21-15/h2-7,10,16H,8-9,18H2,1H3,(H,19,20). The fourth-order valence-corrected chi connectivity index (χ4v) is 2.41. The molecule has 1 unspecified atom stereocenters. The van der Waals surface area contributed by atoms with E-state index < -0.39 is 6.04 Å². The van der Waals surface area contributed by atoms with Crippen LogP contribution >= 0.6 is 0 Å². The van der Waals surface area contributed by atoms with Gasteiger partial charge < -0.3 is 15.8 Å². The van der Waals surface area contributed by atoms with Gasteiger partial charge in [0.05, 0.1) is 6.61 Å². The lowest BCUT2D eigenvalue weighted by Gasteiger charge is -2.13. The molecule has 0 saturated carbocycles. The summed E-state index contributed by atoms with van der Waals surface area (Å²) in [6, 6.07) is 12.7. The van der Waals surface area contributed by atoms with Gasteiger partial charge in [0.25, 0.3) is 0 Å². The summed E-state index contributed by atoms with van der Waals surface area (Å²) >= 11 is 0. The fraction of sp³-hybridized carbons (Fsp3) is 0.235. The zero-order valence-corrected chi connectivity index (χ0v) is 11.9. The number of carbonyl (C=O) groups excluding carboxylic acids is 1. The molecule has 21 heavy (non-hydrogen) atoms. The number of benzene rings is 2. The predicted octanol–water partition coefficient (Wildman–Crippen LogP) is 2.57. The monoisotopic (exact) mass is 282 g/mol. The quantitative estimate of drug-likeness (QED) is 0.909. The maximum Gasteiger partial charge on any atom is 0.245 e. The van der Waals surface area contributed by atoms with Crippen molar-refractivity contribution in [3.63, 3.8) is 0 Å². The number of amides is 1. The lowest BCUT2D eigenvalue weighted by atomic mass is 10.1. The van der Waals surface area contributed by atoms with Crippen molar-refractivity contribution < 1.29 is 9.53 Å².